The molecule has 0 radical (unpaired) electrons. The van der Waals surface area contributed by atoms with Crippen molar-refractivity contribution in [1.82, 2.24) is 0 Å². The van der Waals surface area contributed by atoms with E-state index in [9.17, 15) is 9.59 Å². The summed E-state index contributed by atoms with van der Waals surface area (Å²) in [5.41, 5.74) is 2.82. The maximum Gasteiger partial charge on any atom is 0.0931 e. The summed E-state index contributed by atoms with van der Waals surface area (Å²) < 4.78 is 0. The number of hydrogen-bond donors (Lipinski definition) is 0. The third-order valence-corrected chi connectivity index (χ3v) is 4.21. The third kappa shape index (κ3) is 2.93. The summed E-state index contributed by atoms with van der Waals surface area (Å²) in [4.78, 5) is 26.1. The zero-order chi connectivity index (χ0) is 17.9. The zero-order valence-electron chi connectivity index (χ0n) is 13.9. The van der Waals surface area contributed by atoms with Crippen LogP contribution in [0.2, 0.25) is 0 Å². The molecule has 1 aliphatic carbocycles. The van der Waals surface area contributed by atoms with Crippen LogP contribution < -0.4 is 0 Å². The summed E-state index contributed by atoms with van der Waals surface area (Å²) in [6.45, 7) is 0. The van der Waals surface area contributed by atoms with Gasteiger partial charge < -0.3 is 9.59 Å². The van der Waals surface area contributed by atoms with Crippen molar-refractivity contribution in [2.24, 2.45) is 0 Å². The standard InChI is InChI=1S/C24H14O2/c25-23-19-13-7-8-14-20(19)24(26)22(16-18-11-5-2-6-12-18)21(23)15-17-9-3-1-4-10-17/h1-14H/q-2. The molecule has 0 amide bonds. The Morgan fingerprint density at radius 2 is 0.808 bits per heavy atom. The Hall–Kier alpha value is -3.52. The first-order chi connectivity index (χ1) is 12.7. The van der Waals surface area contributed by atoms with Gasteiger partial charge in [0, 0.05) is 0 Å². The van der Waals surface area contributed by atoms with Crippen molar-refractivity contribution in [2.45, 2.75) is 0 Å². The van der Waals surface area contributed by atoms with E-state index in [1.807, 2.05) is 60.7 Å². The van der Waals surface area contributed by atoms with Crippen LogP contribution >= 0.6 is 0 Å². The molecule has 0 aliphatic heterocycles. The minimum Gasteiger partial charge on any atom is -0.344 e. The summed E-state index contributed by atoms with van der Waals surface area (Å²) in [5, 5.41) is 0. The van der Waals surface area contributed by atoms with Crippen LogP contribution in [-0.2, 0) is 0 Å². The first kappa shape index (κ1) is 16.0. The van der Waals surface area contributed by atoms with E-state index in [4.69, 9.17) is 0 Å². The van der Waals surface area contributed by atoms with Crippen molar-refractivity contribution in [3.8, 4) is 0 Å². The second-order valence-corrected chi connectivity index (χ2v) is 5.94. The molecule has 2 nitrogen and oxygen atoms in total. The van der Waals surface area contributed by atoms with Gasteiger partial charge in [0.15, 0.2) is 0 Å². The second-order valence-electron chi connectivity index (χ2n) is 5.94. The predicted molar refractivity (Wildman–Crippen MR) is 99.7 cm³/mol. The lowest BCUT2D eigenvalue weighted by molar-refractivity contribution is 0.0972. The van der Waals surface area contributed by atoms with E-state index in [1.165, 1.54) is 0 Å². The number of Topliss-reactive ketones (excluding diaryl/α,β-unsaturated/α-hetero) is 2. The van der Waals surface area contributed by atoms with Crippen molar-refractivity contribution < 1.29 is 9.59 Å². The van der Waals surface area contributed by atoms with Crippen LogP contribution in [-0.4, -0.2) is 11.6 Å². The maximum atomic E-state index is 13.1. The topological polar surface area (TPSA) is 34.1 Å². The number of rotatable bonds is 2. The Labute approximate surface area is 152 Å². The van der Waals surface area contributed by atoms with Gasteiger partial charge in [-0.15, -0.1) is 46.5 Å². The zero-order valence-corrected chi connectivity index (χ0v) is 13.9. The second kappa shape index (κ2) is 6.77. The van der Waals surface area contributed by atoms with Gasteiger partial charge in [-0.3, -0.25) is 0 Å². The molecule has 0 atom stereocenters. The Balaban J connectivity index is 1.93. The summed E-state index contributed by atoms with van der Waals surface area (Å²) in [5.74, 6) is -0.412. The Morgan fingerprint density at radius 1 is 0.462 bits per heavy atom. The number of carbonyl (C=O) groups excluding carboxylic acids is 2. The number of benzene rings is 3. The van der Waals surface area contributed by atoms with Gasteiger partial charge in [0.05, 0.1) is 11.6 Å². The number of carbonyl (C=O) groups is 2. The average Bonchev–Trinajstić information content (AvgIpc) is 2.70. The molecule has 3 aromatic carbocycles. The van der Waals surface area contributed by atoms with Gasteiger partial charge in [0.25, 0.3) is 0 Å². The van der Waals surface area contributed by atoms with Crippen LogP contribution in [0.25, 0.3) is 0 Å². The first-order valence-corrected chi connectivity index (χ1v) is 8.31. The summed E-state index contributed by atoms with van der Waals surface area (Å²) in [6, 6.07) is 25.6. The molecule has 0 aromatic heterocycles. The first-order valence-electron chi connectivity index (χ1n) is 8.31. The van der Waals surface area contributed by atoms with Gasteiger partial charge in [-0.2, -0.15) is 12.2 Å². The highest BCUT2D eigenvalue weighted by atomic mass is 16.1. The van der Waals surface area contributed by atoms with Crippen LogP contribution in [0.5, 0.6) is 0 Å². The lowest BCUT2D eigenvalue weighted by atomic mass is 9.80. The smallest absolute Gasteiger partial charge is 0.0931 e. The van der Waals surface area contributed by atoms with E-state index in [2.05, 4.69) is 12.2 Å². The van der Waals surface area contributed by atoms with Crippen molar-refractivity contribution in [3.63, 3.8) is 0 Å². The molecule has 0 bridgehead atoms. The predicted octanol–water partition coefficient (Wildman–Crippen LogP) is 4.62. The van der Waals surface area contributed by atoms with Crippen LogP contribution in [0.1, 0.15) is 31.8 Å². The average molecular weight is 334 g/mol. The molecule has 3 aromatic rings. The quantitative estimate of drug-likeness (QED) is 0.506. The lowest BCUT2D eigenvalue weighted by Gasteiger charge is -2.30. The normalized spacial score (nSPS) is 16.8. The Kier molecular flexibility index (Phi) is 4.16. The van der Waals surface area contributed by atoms with Crippen molar-refractivity contribution in [2.75, 3.05) is 0 Å². The molecular weight excluding hydrogens is 320 g/mol. The fourth-order valence-electron chi connectivity index (χ4n) is 2.95. The molecule has 0 fully saturated rings. The van der Waals surface area contributed by atoms with Crippen LogP contribution in [0.4, 0.5) is 0 Å². The Bertz CT molecular complexity index is 955. The molecule has 4 rings (SSSR count). The minimum atomic E-state index is -0.206. The summed E-state index contributed by atoms with van der Waals surface area (Å²) >= 11 is 0. The lowest BCUT2D eigenvalue weighted by Crippen LogP contribution is -2.23. The van der Waals surface area contributed by atoms with Crippen molar-refractivity contribution in [3.05, 3.63) is 130 Å². The molecule has 26 heavy (non-hydrogen) atoms. The van der Waals surface area contributed by atoms with Crippen LogP contribution in [0, 0.1) is 12.2 Å². The van der Waals surface area contributed by atoms with Gasteiger partial charge in [-0.25, -0.2) is 0 Å². The molecule has 0 saturated heterocycles. The molecule has 0 saturated carbocycles. The highest BCUT2D eigenvalue weighted by Crippen LogP contribution is 2.30. The van der Waals surface area contributed by atoms with Crippen molar-refractivity contribution >= 4 is 11.6 Å². The molecule has 0 heterocycles. The minimum absolute atomic E-state index is 0.206. The van der Waals surface area contributed by atoms with E-state index >= 15 is 0 Å². The molecule has 0 spiro atoms. The van der Waals surface area contributed by atoms with E-state index in [-0.39, 0.29) is 22.7 Å². The number of fused-ring (bicyclic) bond motifs is 1. The molecule has 2 heteroatoms. The van der Waals surface area contributed by atoms with E-state index < -0.39 is 0 Å². The highest BCUT2D eigenvalue weighted by Gasteiger charge is 2.22. The van der Waals surface area contributed by atoms with Gasteiger partial charge in [-0.1, -0.05) is 60.7 Å². The van der Waals surface area contributed by atoms with Crippen molar-refractivity contribution in [1.29, 1.82) is 0 Å². The fourth-order valence-corrected chi connectivity index (χ4v) is 2.95. The fraction of sp³-hybridized carbons (Fsp3) is 0. The monoisotopic (exact) mass is 334 g/mol. The molecular formula is C24H14O2-2. The van der Waals surface area contributed by atoms with Crippen LogP contribution in [0.3, 0.4) is 0 Å². The number of hydrogen-bond acceptors (Lipinski definition) is 2. The highest BCUT2D eigenvalue weighted by molar-refractivity contribution is 6.30. The molecule has 0 N–H and O–H groups in total. The van der Waals surface area contributed by atoms with Gasteiger partial charge in [-0.05, 0) is 11.1 Å². The Morgan fingerprint density at radius 3 is 1.19 bits per heavy atom. The summed E-state index contributed by atoms with van der Waals surface area (Å²) in [7, 11) is 0. The number of allylic oxidation sites excluding steroid dienone is 2. The summed E-state index contributed by atoms with van der Waals surface area (Å²) in [6.07, 6.45) is 6.24. The van der Waals surface area contributed by atoms with Crippen LogP contribution in [0.15, 0.2) is 96.1 Å². The molecule has 1 aliphatic rings. The largest absolute Gasteiger partial charge is 0.344 e. The maximum absolute atomic E-state index is 13.1. The van der Waals surface area contributed by atoms with Gasteiger partial charge in [0.2, 0.25) is 0 Å². The molecule has 0 unspecified atom stereocenters. The van der Waals surface area contributed by atoms with E-state index in [0.717, 1.165) is 11.1 Å². The van der Waals surface area contributed by atoms with E-state index in [1.54, 1.807) is 24.3 Å². The number of ketones is 2. The third-order valence-electron chi connectivity index (χ3n) is 4.21. The van der Waals surface area contributed by atoms with E-state index in [0.29, 0.717) is 11.1 Å². The SMILES string of the molecule is O=C1C(=[C-]c2ccccc2)C(=[C-]c2ccccc2)C(=O)c2ccccc21. The molecule has 124 valence electrons. The van der Waals surface area contributed by atoms with Gasteiger partial charge >= 0.3 is 0 Å². The van der Waals surface area contributed by atoms with Gasteiger partial charge in [0.1, 0.15) is 0 Å².